The number of methoxy groups -OCH3 is 2. The zero-order valence-corrected chi connectivity index (χ0v) is 20.2. The van der Waals surface area contributed by atoms with Crippen LogP contribution in [0.1, 0.15) is 12.5 Å². The lowest BCUT2D eigenvalue weighted by Crippen LogP contribution is -2.40. The van der Waals surface area contributed by atoms with Crippen LogP contribution >= 0.6 is 0 Å². The van der Waals surface area contributed by atoms with Gasteiger partial charge >= 0.3 is 0 Å². The highest BCUT2D eigenvalue weighted by Gasteiger charge is 2.28. The van der Waals surface area contributed by atoms with E-state index < -0.39 is 22.5 Å². The first-order valence-corrected chi connectivity index (χ1v) is 12.1. The first-order chi connectivity index (χ1) is 16.4. The van der Waals surface area contributed by atoms with E-state index >= 15 is 0 Å². The zero-order chi connectivity index (χ0) is 24.6. The molecule has 3 aromatic rings. The van der Waals surface area contributed by atoms with Gasteiger partial charge in [-0.3, -0.25) is 9.10 Å². The lowest BCUT2D eigenvalue weighted by molar-refractivity contribution is -0.119. The quantitative estimate of drug-likeness (QED) is 0.447. The average molecular weight is 485 g/mol. The summed E-state index contributed by atoms with van der Waals surface area (Å²) in [5, 5.41) is 2.79. The smallest absolute Gasteiger partial charge is 0.264 e. The number of sulfonamides is 1. The number of nitrogens with zero attached hydrogens (tertiary/aromatic N) is 1. The van der Waals surface area contributed by atoms with Crippen molar-refractivity contribution in [3.05, 3.63) is 78.4 Å². The molecule has 3 rings (SSSR count). The van der Waals surface area contributed by atoms with Crippen molar-refractivity contribution in [1.29, 1.82) is 0 Å². The van der Waals surface area contributed by atoms with Gasteiger partial charge in [0.1, 0.15) is 12.3 Å². The van der Waals surface area contributed by atoms with E-state index in [1.54, 1.807) is 30.3 Å². The summed E-state index contributed by atoms with van der Waals surface area (Å²) < 4.78 is 44.2. The Kier molecular flexibility index (Phi) is 8.37. The van der Waals surface area contributed by atoms with Crippen LogP contribution in [0, 0.1) is 0 Å². The van der Waals surface area contributed by atoms with E-state index in [2.05, 4.69) is 5.32 Å². The van der Waals surface area contributed by atoms with Crippen molar-refractivity contribution in [2.24, 2.45) is 0 Å². The molecule has 0 saturated heterocycles. The molecule has 0 aliphatic carbocycles. The van der Waals surface area contributed by atoms with E-state index in [0.29, 0.717) is 23.9 Å². The van der Waals surface area contributed by atoms with Crippen LogP contribution in [0.25, 0.3) is 0 Å². The topological polar surface area (TPSA) is 94.2 Å². The van der Waals surface area contributed by atoms with E-state index in [1.165, 1.54) is 32.4 Å². The van der Waals surface area contributed by atoms with Gasteiger partial charge in [0.2, 0.25) is 5.91 Å². The van der Waals surface area contributed by atoms with Crippen molar-refractivity contribution in [3.63, 3.8) is 0 Å². The molecule has 180 valence electrons. The number of amides is 1. The second-order valence-corrected chi connectivity index (χ2v) is 9.04. The second-order valence-electron chi connectivity index (χ2n) is 7.18. The Morgan fingerprint density at radius 2 is 1.56 bits per heavy atom. The molecule has 0 saturated carbocycles. The lowest BCUT2D eigenvalue weighted by Gasteiger charge is -2.25. The van der Waals surface area contributed by atoms with Gasteiger partial charge in [0.05, 0.1) is 31.4 Å². The molecular formula is C25H28N2O6S. The van der Waals surface area contributed by atoms with Crippen LogP contribution in [0.2, 0.25) is 0 Å². The van der Waals surface area contributed by atoms with Crippen LogP contribution in [0.4, 0.5) is 5.69 Å². The Morgan fingerprint density at radius 3 is 2.24 bits per heavy atom. The number of para-hydroxylation sites is 1. The molecule has 9 heteroatoms. The number of benzene rings is 3. The van der Waals surface area contributed by atoms with Crippen LogP contribution in [0.15, 0.2) is 77.7 Å². The van der Waals surface area contributed by atoms with E-state index in [9.17, 15) is 13.2 Å². The number of ether oxygens (including phenoxy) is 3. The first-order valence-electron chi connectivity index (χ1n) is 10.7. The normalized spacial score (nSPS) is 10.9. The molecule has 34 heavy (non-hydrogen) atoms. The molecule has 8 nitrogen and oxygen atoms in total. The van der Waals surface area contributed by atoms with E-state index in [1.807, 2.05) is 31.2 Å². The third-order valence-corrected chi connectivity index (χ3v) is 6.81. The van der Waals surface area contributed by atoms with Crippen molar-refractivity contribution in [2.75, 3.05) is 31.7 Å². The Balaban J connectivity index is 1.90. The fraction of sp³-hybridized carbons (Fsp3) is 0.240. The van der Waals surface area contributed by atoms with Gasteiger partial charge < -0.3 is 19.5 Å². The van der Waals surface area contributed by atoms with E-state index in [-0.39, 0.29) is 17.1 Å². The molecule has 0 atom stereocenters. The van der Waals surface area contributed by atoms with Crippen LogP contribution < -0.4 is 23.8 Å². The Hall–Kier alpha value is -3.72. The minimum absolute atomic E-state index is 0.0688. The number of hydrogen-bond donors (Lipinski definition) is 1. The number of carbonyl (C=O) groups excluding carboxylic acids is 1. The van der Waals surface area contributed by atoms with Crippen molar-refractivity contribution in [2.45, 2.75) is 18.4 Å². The summed E-state index contributed by atoms with van der Waals surface area (Å²) in [7, 11) is -1.09. The Morgan fingerprint density at radius 1 is 0.882 bits per heavy atom. The molecule has 0 aliphatic rings. The van der Waals surface area contributed by atoms with Gasteiger partial charge in [-0.25, -0.2) is 8.42 Å². The summed E-state index contributed by atoms with van der Waals surface area (Å²) in [6.45, 7) is 2.14. The summed E-state index contributed by atoms with van der Waals surface area (Å²) in [4.78, 5) is 13.0. The Labute approximate surface area is 200 Å². The maximum absolute atomic E-state index is 13.5. The zero-order valence-electron chi connectivity index (χ0n) is 19.4. The van der Waals surface area contributed by atoms with Crippen LogP contribution in [-0.2, 0) is 21.4 Å². The van der Waals surface area contributed by atoms with Gasteiger partial charge in [-0.15, -0.1) is 0 Å². The highest BCUT2D eigenvalue weighted by molar-refractivity contribution is 7.92. The lowest BCUT2D eigenvalue weighted by atomic mass is 10.2. The van der Waals surface area contributed by atoms with Gasteiger partial charge in [-0.1, -0.05) is 36.4 Å². The Bertz CT molecular complexity index is 1220. The standard InChI is InChI=1S/C25H28N2O6S/c1-4-33-22-13-9-8-10-19(22)17-26-25(28)18-27(34(29,30)21-11-6-5-7-12-21)20-14-15-23(31-2)24(16-20)32-3/h5-16H,4,17-18H2,1-3H3,(H,26,28). The van der Waals surface area contributed by atoms with Gasteiger partial charge in [0, 0.05) is 18.2 Å². The second kappa shape index (κ2) is 11.4. The number of nitrogens with one attached hydrogen (secondary N) is 1. The van der Waals surface area contributed by atoms with E-state index in [0.717, 1.165) is 9.87 Å². The van der Waals surface area contributed by atoms with Gasteiger partial charge in [-0.05, 0) is 37.3 Å². The molecular weight excluding hydrogens is 456 g/mol. The number of anilines is 1. The van der Waals surface area contributed by atoms with Gasteiger partial charge in [0.25, 0.3) is 10.0 Å². The van der Waals surface area contributed by atoms with Crippen LogP contribution in [0.5, 0.6) is 17.2 Å². The van der Waals surface area contributed by atoms with Crippen molar-refractivity contribution >= 4 is 21.6 Å². The van der Waals surface area contributed by atoms with Gasteiger partial charge in [0.15, 0.2) is 11.5 Å². The molecule has 1 amide bonds. The molecule has 0 radical (unpaired) electrons. The number of carbonyl (C=O) groups is 1. The molecule has 0 fully saturated rings. The third kappa shape index (κ3) is 5.79. The summed E-state index contributed by atoms with van der Waals surface area (Å²) in [6, 6.07) is 20.0. The number of rotatable bonds is 11. The fourth-order valence-electron chi connectivity index (χ4n) is 3.34. The third-order valence-electron chi connectivity index (χ3n) is 5.02. The summed E-state index contributed by atoms with van der Waals surface area (Å²) >= 11 is 0. The first kappa shape index (κ1) is 24.9. The van der Waals surface area contributed by atoms with Crippen molar-refractivity contribution in [3.8, 4) is 17.2 Å². The molecule has 0 bridgehead atoms. The highest BCUT2D eigenvalue weighted by atomic mass is 32.2. The van der Waals surface area contributed by atoms with Crippen LogP contribution in [0.3, 0.4) is 0 Å². The van der Waals surface area contributed by atoms with Crippen molar-refractivity contribution < 1.29 is 27.4 Å². The minimum Gasteiger partial charge on any atom is -0.494 e. The van der Waals surface area contributed by atoms with Gasteiger partial charge in [-0.2, -0.15) is 0 Å². The largest absolute Gasteiger partial charge is 0.494 e. The average Bonchev–Trinajstić information content (AvgIpc) is 2.87. The predicted octanol–water partition coefficient (Wildman–Crippen LogP) is 3.61. The maximum Gasteiger partial charge on any atom is 0.264 e. The maximum atomic E-state index is 13.5. The molecule has 0 heterocycles. The summed E-state index contributed by atoms with van der Waals surface area (Å²) in [6.07, 6.45) is 0. The molecule has 0 aromatic heterocycles. The summed E-state index contributed by atoms with van der Waals surface area (Å²) in [5.74, 6) is 0.985. The molecule has 0 unspecified atom stereocenters. The van der Waals surface area contributed by atoms with E-state index in [4.69, 9.17) is 14.2 Å². The molecule has 1 N–H and O–H groups in total. The highest BCUT2D eigenvalue weighted by Crippen LogP contribution is 2.33. The molecule has 0 aliphatic heterocycles. The summed E-state index contributed by atoms with van der Waals surface area (Å²) in [5.41, 5.74) is 1.06. The molecule has 3 aromatic carbocycles. The minimum atomic E-state index is -4.04. The van der Waals surface area contributed by atoms with Crippen molar-refractivity contribution in [1.82, 2.24) is 5.32 Å². The number of hydrogen-bond acceptors (Lipinski definition) is 6. The molecule has 0 spiro atoms. The fourth-order valence-corrected chi connectivity index (χ4v) is 4.77. The SMILES string of the molecule is CCOc1ccccc1CNC(=O)CN(c1ccc(OC)c(OC)c1)S(=O)(=O)c1ccccc1. The predicted molar refractivity (Wildman–Crippen MR) is 130 cm³/mol. The monoisotopic (exact) mass is 484 g/mol. The van der Waals surface area contributed by atoms with Crippen LogP contribution in [-0.4, -0.2) is 41.7 Å².